The lowest BCUT2D eigenvalue weighted by molar-refractivity contribution is 0.104. The molecule has 0 bridgehead atoms. The summed E-state index contributed by atoms with van der Waals surface area (Å²) in [6.45, 7) is 3.35. The number of aromatic nitrogens is 3. The molecular formula is C26H23N5O2. The summed E-state index contributed by atoms with van der Waals surface area (Å²) in [5, 5.41) is 5.12. The van der Waals surface area contributed by atoms with Crippen molar-refractivity contribution in [3.05, 3.63) is 84.3 Å². The summed E-state index contributed by atoms with van der Waals surface area (Å²) in [7, 11) is 0. The Hall–Kier alpha value is -4.10. The smallest absolute Gasteiger partial charge is 0.195 e. The predicted molar refractivity (Wildman–Crippen MR) is 131 cm³/mol. The zero-order valence-electron chi connectivity index (χ0n) is 18.0. The van der Waals surface area contributed by atoms with Crippen LogP contribution in [0.5, 0.6) is 0 Å². The Kier molecular flexibility index (Phi) is 4.81. The van der Waals surface area contributed by atoms with Gasteiger partial charge in [0.15, 0.2) is 5.78 Å². The molecule has 0 aliphatic carbocycles. The van der Waals surface area contributed by atoms with Crippen LogP contribution in [0.3, 0.4) is 0 Å². The van der Waals surface area contributed by atoms with Crippen molar-refractivity contribution in [1.29, 1.82) is 0 Å². The number of benzene rings is 2. The number of aromatic amines is 2. The van der Waals surface area contributed by atoms with Gasteiger partial charge in [-0.2, -0.15) is 0 Å². The first kappa shape index (κ1) is 19.6. The van der Waals surface area contributed by atoms with E-state index in [9.17, 15) is 4.79 Å². The fourth-order valence-electron chi connectivity index (χ4n) is 4.43. The van der Waals surface area contributed by atoms with E-state index < -0.39 is 0 Å². The number of nitrogens with one attached hydrogen (secondary N) is 3. The van der Waals surface area contributed by atoms with E-state index in [2.05, 4.69) is 49.4 Å². The van der Waals surface area contributed by atoms with E-state index >= 15 is 0 Å². The van der Waals surface area contributed by atoms with Crippen molar-refractivity contribution in [2.45, 2.75) is 0 Å². The minimum Gasteiger partial charge on any atom is -0.378 e. The second kappa shape index (κ2) is 8.11. The molecule has 0 spiro atoms. The molecule has 1 saturated heterocycles. The van der Waals surface area contributed by atoms with Crippen LogP contribution in [0.25, 0.3) is 21.9 Å². The normalized spacial score (nSPS) is 14.1. The van der Waals surface area contributed by atoms with Crippen molar-refractivity contribution in [3.8, 4) is 0 Å². The van der Waals surface area contributed by atoms with Gasteiger partial charge < -0.3 is 24.9 Å². The van der Waals surface area contributed by atoms with Gasteiger partial charge in [0.2, 0.25) is 0 Å². The summed E-state index contributed by atoms with van der Waals surface area (Å²) < 4.78 is 5.43. The van der Waals surface area contributed by atoms with Crippen molar-refractivity contribution in [3.63, 3.8) is 0 Å². The molecule has 5 aromatic rings. The molecular weight excluding hydrogens is 414 g/mol. The van der Waals surface area contributed by atoms with Gasteiger partial charge in [-0.3, -0.25) is 4.79 Å². The summed E-state index contributed by atoms with van der Waals surface area (Å²) >= 11 is 0. The van der Waals surface area contributed by atoms with Crippen LogP contribution in [0.4, 0.5) is 17.1 Å². The quantitative estimate of drug-likeness (QED) is 0.342. The van der Waals surface area contributed by atoms with Crippen molar-refractivity contribution in [2.75, 3.05) is 36.5 Å². The van der Waals surface area contributed by atoms with Crippen LogP contribution in [0.1, 0.15) is 15.9 Å². The summed E-state index contributed by atoms with van der Waals surface area (Å²) in [5.74, 6) is -0.0275. The molecule has 4 heterocycles. The zero-order valence-corrected chi connectivity index (χ0v) is 18.0. The number of hydrogen-bond donors (Lipinski definition) is 3. The number of morpholine rings is 1. The first-order valence-electron chi connectivity index (χ1n) is 11.0. The van der Waals surface area contributed by atoms with Gasteiger partial charge in [-0.15, -0.1) is 0 Å². The van der Waals surface area contributed by atoms with Gasteiger partial charge in [0.25, 0.3) is 0 Å². The molecule has 0 saturated carbocycles. The average molecular weight is 438 g/mol. The second-order valence-electron chi connectivity index (χ2n) is 8.17. The summed E-state index contributed by atoms with van der Waals surface area (Å²) in [5.41, 5.74) is 5.90. The first-order valence-corrected chi connectivity index (χ1v) is 11.0. The molecule has 1 aliphatic rings. The minimum atomic E-state index is -0.0275. The third-order valence-electron chi connectivity index (χ3n) is 6.15. The number of ketones is 1. The van der Waals surface area contributed by atoms with Gasteiger partial charge in [-0.05, 0) is 42.5 Å². The highest BCUT2D eigenvalue weighted by atomic mass is 16.5. The molecule has 0 atom stereocenters. The molecule has 7 nitrogen and oxygen atoms in total. The Balaban J connectivity index is 1.28. The molecule has 1 aliphatic heterocycles. The number of carbonyl (C=O) groups excluding carboxylic acids is 1. The van der Waals surface area contributed by atoms with E-state index in [0.29, 0.717) is 16.8 Å². The van der Waals surface area contributed by atoms with Crippen LogP contribution >= 0.6 is 0 Å². The molecule has 0 amide bonds. The first-order chi connectivity index (χ1) is 16.3. The number of H-pyrrole nitrogens is 2. The maximum absolute atomic E-state index is 13.4. The third kappa shape index (κ3) is 3.62. The molecule has 6 rings (SSSR count). The lowest BCUT2D eigenvalue weighted by Crippen LogP contribution is -2.36. The maximum Gasteiger partial charge on any atom is 0.195 e. The van der Waals surface area contributed by atoms with E-state index in [1.165, 1.54) is 5.69 Å². The topological polar surface area (TPSA) is 86.0 Å². The number of rotatable bonds is 5. The van der Waals surface area contributed by atoms with E-state index in [4.69, 9.17) is 4.74 Å². The maximum atomic E-state index is 13.4. The fourth-order valence-corrected chi connectivity index (χ4v) is 4.43. The fraction of sp³-hybridized carbons (Fsp3) is 0.154. The van der Waals surface area contributed by atoms with E-state index in [1.807, 2.05) is 36.5 Å². The summed E-state index contributed by atoms with van der Waals surface area (Å²) in [6.07, 6.45) is 5.37. The Morgan fingerprint density at radius 2 is 1.79 bits per heavy atom. The molecule has 164 valence electrons. The highest BCUT2D eigenvalue weighted by Crippen LogP contribution is 2.28. The van der Waals surface area contributed by atoms with E-state index in [0.717, 1.165) is 54.0 Å². The lowest BCUT2D eigenvalue weighted by Gasteiger charge is -2.28. The van der Waals surface area contributed by atoms with Crippen LogP contribution in [0, 0.1) is 0 Å². The van der Waals surface area contributed by atoms with Crippen molar-refractivity contribution >= 4 is 44.8 Å². The molecule has 3 N–H and O–H groups in total. The van der Waals surface area contributed by atoms with Gasteiger partial charge in [-0.25, -0.2) is 4.98 Å². The molecule has 33 heavy (non-hydrogen) atoms. The molecule has 7 heteroatoms. The lowest BCUT2D eigenvalue weighted by atomic mass is 10.00. The number of ether oxygens (including phenoxy) is 1. The van der Waals surface area contributed by atoms with Crippen molar-refractivity contribution < 1.29 is 9.53 Å². The molecule has 0 radical (unpaired) electrons. The third-order valence-corrected chi connectivity index (χ3v) is 6.15. The SMILES string of the molecule is O=C(c1cccc2[nH]ccc12)c1c[nH]c2ncc(Nc3ccc(N4CCOCC4)cc3)cc12. The van der Waals surface area contributed by atoms with Gasteiger partial charge >= 0.3 is 0 Å². The van der Waals surface area contributed by atoms with Crippen LogP contribution < -0.4 is 10.2 Å². The number of fused-ring (bicyclic) bond motifs is 2. The molecule has 2 aromatic carbocycles. The Morgan fingerprint density at radius 1 is 0.939 bits per heavy atom. The van der Waals surface area contributed by atoms with Gasteiger partial charge in [-0.1, -0.05) is 12.1 Å². The standard InChI is InChI=1S/C26H23N5O2/c32-25(21-2-1-3-24-20(21)8-9-27-24)23-16-29-26-22(23)14-18(15-28-26)30-17-4-6-19(7-5-17)31-10-12-33-13-11-31/h1-9,14-16,27,30H,10-13H2,(H,28,29). The number of anilines is 3. The largest absolute Gasteiger partial charge is 0.378 e. The Labute approximate surface area is 190 Å². The van der Waals surface area contributed by atoms with Crippen LogP contribution in [0.15, 0.2) is 73.2 Å². The molecule has 0 unspecified atom stereocenters. The van der Waals surface area contributed by atoms with Crippen molar-refractivity contribution in [2.24, 2.45) is 0 Å². The van der Waals surface area contributed by atoms with E-state index in [-0.39, 0.29) is 5.78 Å². The van der Waals surface area contributed by atoms with E-state index in [1.54, 1.807) is 12.4 Å². The van der Waals surface area contributed by atoms with Gasteiger partial charge in [0, 0.05) is 64.3 Å². The van der Waals surface area contributed by atoms with Gasteiger partial charge in [0.05, 0.1) is 25.1 Å². The predicted octanol–water partition coefficient (Wildman–Crippen LogP) is 4.86. The number of nitrogens with zero attached hydrogens (tertiary/aromatic N) is 2. The minimum absolute atomic E-state index is 0.0275. The Morgan fingerprint density at radius 3 is 2.64 bits per heavy atom. The second-order valence-corrected chi connectivity index (χ2v) is 8.17. The number of pyridine rings is 1. The highest BCUT2D eigenvalue weighted by Gasteiger charge is 2.18. The van der Waals surface area contributed by atoms with Crippen LogP contribution in [-0.4, -0.2) is 47.0 Å². The van der Waals surface area contributed by atoms with Crippen LogP contribution in [0.2, 0.25) is 0 Å². The molecule has 3 aromatic heterocycles. The van der Waals surface area contributed by atoms with Gasteiger partial charge in [0.1, 0.15) is 5.65 Å². The highest BCUT2D eigenvalue weighted by molar-refractivity contribution is 6.21. The van der Waals surface area contributed by atoms with Crippen molar-refractivity contribution in [1.82, 2.24) is 15.0 Å². The average Bonchev–Trinajstić information content (AvgIpc) is 3.51. The number of carbonyl (C=O) groups is 1. The zero-order chi connectivity index (χ0) is 22.2. The number of hydrogen-bond acceptors (Lipinski definition) is 5. The Bertz CT molecular complexity index is 1440. The summed E-state index contributed by atoms with van der Waals surface area (Å²) in [6, 6.07) is 18.0. The summed E-state index contributed by atoms with van der Waals surface area (Å²) in [4.78, 5) is 26.5. The monoisotopic (exact) mass is 437 g/mol. The van der Waals surface area contributed by atoms with Crippen LogP contribution in [-0.2, 0) is 4.74 Å². The molecule has 1 fully saturated rings.